The number of piperazine rings is 1. The Labute approximate surface area is 108 Å². The molecular weight excluding hydrogens is 234 g/mol. The highest BCUT2D eigenvalue weighted by Crippen LogP contribution is 2.17. The van der Waals surface area contributed by atoms with Crippen LogP contribution in [0, 0.1) is 0 Å². The summed E-state index contributed by atoms with van der Waals surface area (Å²) in [5.74, 6) is -0.171. The number of hydrogen-bond acceptors (Lipinski definition) is 5. The number of carbonyl (C=O) groups excluding carboxylic acids is 1. The highest BCUT2D eigenvalue weighted by Gasteiger charge is 2.38. The van der Waals surface area contributed by atoms with Crippen molar-refractivity contribution in [2.45, 2.75) is 31.8 Å². The fourth-order valence-electron chi connectivity index (χ4n) is 1.92. The van der Waals surface area contributed by atoms with Crippen molar-refractivity contribution in [2.24, 2.45) is 0 Å². The lowest BCUT2D eigenvalue weighted by Gasteiger charge is -2.41. The van der Waals surface area contributed by atoms with Crippen molar-refractivity contribution < 1.29 is 15.0 Å². The van der Waals surface area contributed by atoms with Crippen molar-refractivity contribution in [3.63, 3.8) is 0 Å². The molecule has 1 saturated heterocycles. The van der Waals surface area contributed by atoms with Gasteiger partial charge in [-0.3, -0.25) is 9.69 Å². The van der Waals surface area contributed by atoms with Crippen LogP contribution in [-0.4, -0.2) is 71.5 Å². The van der Waals surface area contributed by atoms with E-state index in [1.807, 2.05) is 13.8 Å². The predicted octanol–water partition coefficient (Wildman–Crippen LogP) is -1.47. The van der Waals surface area contributed by atoms with Crippen LogP contribution in [0.3, 0.4) is 0 Å². The summed E-state index contributed by atoms with van der Waals surface area (Å²) in [6.45, 7) is 8.15. The van der Waals surface area contributed by atoms with Crippen LogP contribution in [-0.2, 0) is 4.79 Å². The molecule has 1 aliphatic heterocycles. The second-order valence-corrected chi connectivity index (χ2v) is 5.63. The maximum Gasteiger partial charge on any atom is 0.240 e. The molecule has 4 N–H and O–H groups in total. The summed E-state index contributed by atoms with van der Waals surface area (Å²) in [6, 6.07) is 0. The van der Waals surface area contributed by atoms with Gasteiger partial charge >= 0.3 is 0 Å². The lowest BCUT2D eigenvalue weighted by molar-refractivity contribution is -0.135. The minimum Gasteiger partial charge on any atom is -0.394 e. The van der Waals surface area contributed by atoms with Crippen LogP contribution in [0.25, 0.3) is 0 Å². The van der Waals surface area contributed by atoms with Crippen LogP contribution in [0.1, 0.15) is 20.8 Å². The Balaban J connectivity index is 2.68. The van der Waals surface area contributed by atoms with Crippen molar-refractivity contribution in [1.29, 1.82) is 0 Å². The largest absolute Gasteiger partial charge is 0.394 e. The molecule has 1 heterocycles. The van der Waals surface area contributed by atoms with Crippen LogP contribution in [0.4, 0.5) is 0 Å². The molecule has 1 rings (SSSR count). The van der Waals surface area contributed by atoms with Gasteiger partial charge in [-0.2, -0.15) is 0 Å². The van der Waals surface area contributed by atoms with E-state index in [1.54, 1.807) is 6.92 Å². The van der Waals surface area contributed by atoms with Crippen molar-refractivity contribution in [2.75, 3.05) is 39.4 Å². The molecule has 0 aromatic rings. The van der Waals surface area contributed by atoms with E-state index in [9.17, 15) is 15.0 Å². The smallest absolute Gasteiger partial charge is 0.240 e. The van der Waals surface area contributed by atoms with Gasteiger partial charge in [0.2, 0.25) is 5.91 Å². The molecule has 0 aromatic carbocycles. The molecule has 0 bridgehead atoms. The fraction of sp³-hybridized carbons (Fsp3) is 0.917. The number of nitrogens with one attached hydrogen (secondary N) is 2. The average Bonchev–Trinajstić information content (AvgIpc) is 2.39. The van der Waals surface area contributed by atoms with Gasteiger partial charge in [-0.05, 0) is 20.8 Å². The average molecular weight is 259 g/mol. The molecule has 0 radical (unpaired) electrons. The highest BCUT2D eigenvalue weighted by atomic mass is 16.3. The number of carbonyl (C=O) groups is 1. The molecule has 6 nitrogen and oxygen atoms in total. The topological polar surface area (TPSA) is 84.8 Å². The molecule has 1 amide bonds. The SMILES string of the molecule is CC(CO)(CO)NC(=O)C(C)(C)N1CCNCC1. The maximum absolute atomic E-state index is 12.3. The lowest BCUT2D eigenvalue weighted by Crippen LogP contribution is -2.64. The van der Waals surface area contributed by atoms with Gasteiger partial charge in [0.15, 0.2) is 0 Å². The van der Waals surface area contributed by atoms with Gasteiger partial charge in [0.25, 0.3) is 0 Å². The summed E-state index contributed by atoms with van der Waals surface area (Å²) >= 11 is 0. The monoisotopic (exact) mass is 259 g/mol. The van der Waals surface area contributed by atoms with Gasteiger partial charge < -0.3 is 20.8 Å². The van der Waals surface area contributed by atoms with E-state index >= 15 is 0 Å². The number of nitrogens with zero attached hydrogens (tertiary/aromatic N) is 1. The second kappa shape index (κ2) is 5.97. The highest BCUT2D eigenvalue weighted by molar-refractivity contribution is 5.86. The van der Waals surface area contributed by atoms with E-state index in [2.05, 4.69) is 15.5 Å². The quantitative estimate of drug-likeness (QED) is 0.484. The molecule has 1 aliphatic rings. The molecule has 0 atom stereocenters. The molecule has 0 aromatic heterocycles. The maximum atomic E-state index is 12.3. The summed E-state index contributed by atoms with van der Waals surface area (Å²) < 4.78 is 0. The third-order valence-electron chi connectivity index (χ3n) is 3.58. The zero-order valence-corrected chi connectivity index (χ0v) is 11.5. The molecule has 0 saturated carbocycles. The van der Waals surface area contributed by atoms with Crippen molar-refractivity contribution in [3.8, 4) is 0 Å². The van der Waals surface area contributed by atoms with Crippen LogP contribution in [0.5, 0.6) is 0 Å². The van der Waals surface area contributed by atoms with Gasteiger partial charge in [0.1, 0.15) is 0 Å². The Hall–Kier alpha value is -0.690. The Morgan fingerprint density at radius 1 is 1.22 bits per heavy atom. The first-order valence-electron chi connectivity index (χ1n) is 6.36. The fourth-order valence-corrected chi connectivity index (χ4v) is 1.92. The normalized spacial score (nSPS) is 18.7. The van der Waals surface area contributed by atoms with E-state index in [1.165, 1.54) is 0 Å². The molecule has 18 heavy (non-hydrogen) atoms. The molecule has 106 valence electrons. The van der Waals surface area contributed by atoms with Gasteiger partial charge in [0.05, 0.1) is 24.3 Å². The van der Waals surface area contributed by atoms with E-state index in [0.29, 0.717) is 0 Å². The van der Waals surface area contributed by atoms with Gasteiger partial charge in [-0.1, -0.05) is 0 Å². The summed E-state index contributed by atoms with van der Waals surface area (Å²) in [6.07, 6.45) is 0. The molecule has 1 fully saturated rings. The van der Waals surface area contributed by atoms with Crippen LogP contribution in [0.2, 0.25) is 0 Å². The minimum atomic E-state index is -0.970. The number of aliphatic hydroxyl groups is 2. The predicted molar refractivity (Wildman–Crippen MR) is 69.2 cm³/mol. The third kappa shape index (κ3) is 3.41. The van der Waals surface area contributed by atoms with Crippen molar-refractivity contribution >= 4 is 5.91 Å². The number of rotatable bonds is 5. The zero-order chi connectivity index (χ0) is 13.8. The van der Waals surface area contributed by atoms with Gasteiger partial charge in [-0.25, -0.2) is 0 Å². The van der Waals surface area contributed by atoms with E-state index in [4.69, 9.17) is 0 Å². The molecular formula is C12H25N3O3. The molecule has 6 heteroatoms. The standard InChI is InChI=1S/C12H25N3O3/c1-11(2,15-6-4-13-5-7-15)10(18)14-12(3,8-16)9-17/h13,16-17H,4-9H2,1-3H3,(H,14,18). The van der Waals surface area contributed by atoms with Gasteiger partial charge in [-0.15, -0.1) is 0 Å². The second-order valence-electron chi connectivity index (χ2n) is 5.63. The molecule has 0 unspecified atom stereocenters. The van der Waals surface area contributed by atoms with Gasteiger partial charge in [0, 0.05) is 26.2 Å². The van der Waals surface area contributed by atoms with Crippen LogP contribution in [0.15, 0.2) is 0 Å². The van der Waals surface area contributed by atoms with E-state index in [-0.39, 0.29) is 19.1 Å². The first kappa shape index (κ1) is 15.4. The summed E-state index contributed by atoms with van der Waals surface area (Å²) in [7, 11) is 0. The van der Waals surface area contributed by atoms with E-state index in [0.717, 1.165) is 26.2 Å². The summed E-state index contributed by atoms with van der Waals surface area (Å²) in [4.78, 5) is 14.4. The summed E-state index contributed by atoms with van der Waals surface area (Å²) in [5, 5.41) is 24.4. The zero-order valence-electron chi connectivity index (χ0n) is 11.5. The minimum absolute atomic E-state index is 0.171. The van der Waals surface area contributed by atoms with Crippen LogP contribution < -0.4 is 10.6 Å². The first-order valence-corrected chi connectivity index (χ1v) is 6.36. The Morgan fingerprint density at radius 2 is 1.72 bits per heavy atom. The lowest BCUT2D eigenvalue weighted by atomic mass is 9.97. The van der Waals surface area contributed by atoms with Crippen LogP contribution >= 0.6 is 0 Å². The number of hydrogen-bond donors (Lipinski definition) is 4. The van der Waals surface area contributed by atoms with Crippen molar-refractivity contribution in [3.05, 3.63) is 0 Å². The Morgan fingerprint density at radius 3 is 2.17 bits per heavy atom. The van der Waals surface area contributed by atoms with Crippen molar-refractivity contribution in [1.82, 2.24) is 15.5 Å². The molecule has 0 aliphatic carbocycles. The number of aliphatic hydroxyl groups excluding tert-OH is 2. The Kier molecular flexibility index (Phi) is 5.10. The first-order chi connectivity index (χ1) is 8.35. The summed E-state index contributed by atoms with van der Waals surface area (Å²) in [5.41, 5.74) is -1.61. The third-order valence-corrected chi connectivity index (χ3v) is 3.58. The van der Waals surface area contributed by atoms with E-state index < -0.39 is 11.1 Å². The Bertz CT molecular complexity index is 284. The number of amides is 1. The molecule has 0 spiro atoms.